The largest absolute Gasteiger partial charge is 0.433 e. The second-order valence-corrected chi connectivity index (χ2v) is 8.20. The van der Waals surface area contributed by atoms with Crippen molar-refractivity contribution in [3.63, 3.8) is 0 Å². The SMILES string of the molecule is CN=C(NCCCCc1nc(C)cs1)NC1CCN(c2ccccc2OC(F)F)C1. The Kier molecular flexibility index (Phi) is 8.24. The summed E-state index contributed by atoms with van der Waals surface area (Å²) in [6.45, 7) is 1.50. The van der Waals surface area contributed by atoms with E-state index in [1.807, 2.05) is 19.1 Å². The van der Waals surface area contributed by atoms with Crippen LogP contribution in [0.4, 0.5) is 14.5 Å². The van der Waals surface area contributed by atoms with Crippen molar-refractivity contribution in [3.05, 3.63) is 40.3 Å². The number of nitrogens with zero attached hydrogens (tertiary/aromatic N) is 3. The smallest absolute Gasteiger partial charge is 0.387 e. The van der Waals surface area contributed by atoms with Crippen LogP contribution in [0.3, 0.4) is 0 Å². The van der Waals surface area contributed by atoms with Crippen molar-refractivity contribution in [1.29, 1.82) is 0 Å². The fourth-order valence-electron chi connectivity index (χ4n) is 3.52. The van der Waals surface area contributed by atoms with E-state index in [9.17, 15) is 8.78 Å². The molecular weight excluding hydrogens is 408 g/mol. The second-order valence-electron chi connectivity index (χ2n) is 7.26. The Morgan fingerprint density at radius 3 is 2.93 bits per heavy atom. The zero-order chi connectivity index (χ0) is 21.3. The number of thiazole rings is 1. The maximum atomic E-state index is 12.7. The van der Waals surface area contributed by atoms with Crippen LogP contribution in [0.2, 0.25) is 0 Å². The number of benzene rings is 1. The number of aryl methyl sites for hydroxylation is 2. The number of halogens is 2. The number of hydrogen-bond acceptors (Lipinski definition) is 5. The Labute approximate surface area is 180 Å². The molecule has 1 fully saturated rings. The highest BCUT2D eigenvalue weighted by Crippen LogP contribution is 2.31. The van der Waals surface area contributed by atoms with Crippen LogP contribution in [-0.2, 0) is 6.42 Å². The molecule has 30 heavy (non-hydrogen) atoms. The number of nitrogens with one attached hydrogen (secondary N) is 2. The minimum Gasteiger partial charge on any atom is -0.433 e. The van der Waals surface area contributed by atoms with Gasteiger partial charge in [0, 0.05) is 43.8 Å². The number of aromatic nitrogens is 1. The van der Waals surface area contributed by atoms with Crippen molar-refractivity contribution in [2.45, 2.75) is 45.3 Å². The molecule has 9 heteroatoms. The summed E-state index contributed by atoms with van der Waals surface area (Å²) >= 11 is 1.72. The molecule has 1 aromatic carbocycles. The van der Waals surface area contributed by atoms with Crippen LogP contribution in [0.25, 0.3) is 0 Å². The molecule has 0 radical (unpaired) electrons. The Bertz CT molecular complexity index is 829. The Hall–Kier alpha value is -2.42. The van der Waals surface area contributed by atoms with Gasteiger partial charge in [0.1, 0.15) is 5.75 Å². The molecule has 164 valence electrons. The molecule has 2 N–H and O–H groups in total. The zero-order valence-electron chi connectivity index (χ0n) is 17.4. The van der Waals surface area contributed by atoms with Gasteiger partial charge in [-0.3, -0.25) is 4.99 Å². The predicted molar refractivity (Wildman–Crippen MR) is 118 cm³/mol. The van der Waals surface area contributed by atoms with Crippen LogP contribution < -0.4 is 20.3 Å². The number of rotatable bonds is 9. The topological polar surface area (TPSA) is 61.8 Å². The minimum absolute atomic E-state index is 0.189. The molecule has 6 nitrogen and oxygen atoms in total. The van der Waals surface area contributed by atoms with Crippen molar-refractivity contribution < 1.29 is 13.5 Å². The van der Waals surface area contributed by atoms with Crippen molar-refractivity contribution in [3.8, 4) is 5.75 Å². The van der Waals surface area contributed by atoms with E-state index < -0.39 is 6.61 Å². The zero-order valence-corrected chi connectivity index (χ0v) is 18.2. The van der Waals surface area contributed by atoms with Crippen LogP contribution >= 0.6 is 11.3 Å². The van der Waals surface area contributed by atoms with Crippen molar-refractivity contribution in [2.75, 3.05) is 31.6 Å². The first kappa shape index (κ1) is 22.3. The molecule has 0 spiro atoms. The minimum atomic E-state index is -2.83. The standard InChI is InChI=1S/C21H29F2N5OS/c1-15-14-30-19(26-15)9-5-6-11-25-21(24-2)27-16-10-12-28(13-16)17-7-3-4-8-18(17)29-20(22)23/h3-4,7-8,14,16,20H,5-6,9-13H2,1-2H3,(H2,24,25,27). The molecule has 1 aliphatic heterocycles. The van der Waals surface area contributed by atoms with Gasteiger partial charge in [-0.2, -0.15) is 8.78 Å². The number of anilines is 1. The van der Waals surface area contributed by atoms with Crippen LogP contribution in [-0.4, -0.2) is 50.3 Å². The molecule has 3 rings (SSSR count). The molecular formula is C21H29F2N5OS. The number of alkyl halides is 2. The number of ether oxygens (including phenoxy) is 1. The summed E-state index contributed by atoms with van der Waals surface area (Å²) < 4.78 is 30.0. The van der Waals surface area contributed by atoms with Crippen LogP contribution in [0.1, 0.15) is 30.0 Å². The van der Waals surface area contributed by atoms with Gasteiger partial charge in [-0.25, -0.2) is 4.98 Å². The molecule has 0 bridgehead atoms. The van der Waals surface area contributed by atoms with E-state index in [0.29, 0.717) is 12.2 Å². The van der Waals surface area contributed by atoms with Crippen molar-refractivity contribution in [2.24, 2.45) is 4.99 Å². The van der Waals surface area contributed by atoms with Crippen LogP contribution in [0.5, 0.6) is 5.75 Å². The van der Waals surface area contributed by atoms with E-state index >= 15 is 0 Å². The Balaban J connectivity index is 1.41. The van der Waals surface area contributed by atoms with Crippen LogP contribution in [0, 0.1) is 6.92 Å². The highest BCUT2D eigenvalue weighted by Gasteiger charge is 2.25. The number of para-hydroxylation sites is 2. The lowest BCUT2D eigenvalue weighted by atomic mass is 10.2. The maximum absolute atomic E-state index is 12.7. The summed E-state index contributed by atoms with van der Waals surface area (Å²) in [5.74, 6) is 0.982. The summed E-state index contributed by atoms with van der Waals surface area (Å²) in [5.41, 5.74) is 1.79. The molecule has 1 saturated heterocycles. The normalized spacial score (nSPS) is 16.9. The third kappa shape index (κ3) is 6.55. The van der Waals surface area contributed by atoms with Crippen LogP contribution in [0.15, 0.2) is 34.6 Å². The Morgan fingerprint density at radius 1 is 1.37 bits per heavy atom. The number of unbranched alkanes of at least 4 members (excludes halogenated alkanes) is 1. The van der Waals surface area contributed by atoms with E-state index in [1.54, 1.807) is 30.5 Å². The van der Waals surface area contributed by atoms with E-state index in [1.165, 1.54) is 5.01 Å². The van der Waals surface area contributed by atoms with Gasteiger partial charge < -0.3 is 20.3 Å². The summed E-state index contributed by atoms with van der Waals surface area (Å²) in [5, 5.41) is 10.1. The van der Waals surface area contributed by atoms with E-state index in [0.717, 1.165) is 50.4 Å². The lowest BCUT2D eigenvalue weighted by molar-refractivity contribution is -0.0495. The van der Waals surface area contributed by atoms with Crippen molar-refractivity contribution in [1.82, 2.24) is 15.6 Å². The van der Waals surface area contributed by atoms with E-state index in [-0.39, 0.29) is 11.8 Å². The molecule has 2 aromatic rings. The molecule has 0 aliphatic carbocycles. The highest BCUT2D eigenvalue weighted by atomic mass is 32.1. The average molecular weight is 438 g/mol. The monoisotopic (exact) mass is 437 g/mol. The lowest BCUT2D eigenvalue weighted by Gasteiger charge is -2.22. The molecule has 0 amide bonds. The van der Waals surface area contributed by atoms with Gasteiger partial charge in [0.2, 0.25) is 0 Å². The fourth-order valence-corrected chi connectivity index (χ4v) is 4.34. The molecule has 1 aliphatic rings. The lowest BCUT2D eigenvalue weighted by Crippen LogP contribution is -2.44. The van der Waals surface area contributed by atoms with Gasteiger partial charge in [0.05, 0.1) is 10.7 Å². The maximum Gasteiger partial charge on any atom is 0.387 e. The summed E-state index contributed by atoms with van der Waals surface area (Å²) in [6, 6.07) is 7.12. The van der Waals surface area contributed by atoms with E-state index in [2.05, 4.69) is 35.6 Å². The van der Waals surface area contributed by atoms with Gasteiger partial charge in [-0.15, -0.1) is 11.3 Å². The first-order valence-electron chi connectivity index (χ1n) is 10.2. The molecule has 1 atom stereocenters. The first-order valence-corrected chi connectivity index (χ1v) is 11.1. The quantitative estimate of drug-likeness (QED) is 0.355. The predicted octanol–water partition coefficient (Wildman–Crippen LogP) is 3.82. The molecule has 0 saturated carbocycles. The molecule has 2 heterocycles. The summed E-state index contributed by atoms with van der Waals surface area (Å²) in [6.07, 6.45) is 4.01. The fraction of sp³-hybridized carbons (Fsp3) is 0.524. The molecule has 1 unspecified atom stereocenters. The van der Waals surface area contributed by atoms with Gasteiger partial charge in [0.25, 0.3) is 0 Å². The summed E-state index contributed by atoms with van der Waals surface area (Å²) in [4.78, 5) is 10.9. The van der Waals surface area contributed by atoms with Gasteiger partial charge in [-0.05, 0) is 44.7 Å². The second kappa shape index (κ2) is 11.1. The van der Waals surface area contributed by atoms with E-state index in [4.69, 9.17) is 0 Å². The molecule has 1 aromatic heterocycles. The third-order valence-corrected chi connectivity index (χ3v) is 5.98. The number of aliphatic imine (C=N–C) groups is 1. The summed E-state index contributed by atoms with van der Waals surface area (Å²) in [7, 11) is 1.76. The third-order valence-electron chi connectivity index (χ3n) is 4.95. The van der Waals surface area contributed by atoms with Gasteiger partial charge in [-0.1, -0.05) is 12.1 Å². The number of guanidine groups is 1. The average Bonchev–Trinajstić information content (AvgIpc) is 3.35. The first-order chi connectivity index (χ1) is 14.5. The van der Waals surface area contributed by atoms with Gasteiger partial charge in [0.15, 0.2) is 5.96 Å². The van der Waals surface area contributed by atoms with Crippen molar-refractivity contribution >= 4 is 23.0 Å². The van der Waals surface area contributed by atoms with Gasteiger partial charge >= 0.3 is 6.61 Å². The highest BCUT2D eigenvalue weighted by molar-refractivity contribution is 7.09. The Morgan fingerprint density at radius 2 is 2.20 bits per heavy atom. The number of hydrogen-bond donors (Lipinski definition) is 2.